The first-order valence-corrected chi connectivity index (χ1v) is 18.4. The van der Waals surface area contributed by atoms with E-state index in [0.717, 1.165) is 0 Å². The number of hydrogen-bond acceptors (Lipinski definition) is 1. The lowest BCUT2D eigenvalue weighted by atomic mass is 9.95. The fourth-order valence-corrected chi connectivity index (χ4v) is 10.6. The van der Waals surface area contributed by atoms with Crippen molar-refractivity contribution in [2.45, 2.75) is 0 Å². The number of aromatic nitrogens is 2. The molecule has 0 unspecified atom stereocenters. The molecule has 0 spiro atoms. The summed E-state index contributed by atoms with van der Waals surface area (Å²) in [6.45, 7) is 0. The first kappa shape index (κ1) is 26.4. The van der Waals surface area contributed by atoms with E-state index in [2.05, 4.69) is 167 Å². The zero-order valence-corrected chi connectivity index (χ0v) is 28.1. The van der Waals surface area contributed by atoms with E-state index < -0.39 is 0 Å². The summed E-state index contributed by atoms with van der Waals surface area (Å²) in [5, 5.41) is 13.2. The Morgan fingerprint density at radius 1 is 0.294 bits per heavy atom. The molecule has 0 atom stereocenters. The van der Waals surface area contributed by atoms with Gasteiger partial charge in [0.05, 0.1) is 33.1 Å². The van der Waals surface area contributed by atoms with E-state index in [9.17, 15) is 0 Å². The van der Waals surface area contributed by atoms with Crippen LogP contribution >= 0.6 is 11.3 Å². The molecule has 13 aromatic rings. The first-order valence-electron chi connectivity index (χ1n) is 17.6. The minimum Gasteiger partial charge on any atom is -0.308 e. The van der Waals surface area contributed by atoms with Crippen LogP contribution in [0.2, 0.25) is 0 Å². The van der Waals surface area contributed by atoms with Crippen molar-refractivity contribution in [3.8, 4) is 22.3 Å². The van der Waals surface area contributed by atoms with Gasteiger partial charge in [-0.05, 0) is 76.9 Å². The Labute approximate surface area is 295 Å². The number of thiophene rings is 1. The number of nitrogens with zero attached hydrogens (tertiary/aromatic N) is 2. The molecule has 0 N–H and O–H groups in total. The van der Waals surface area contributed by atoms with E-state index >= 15 is 0 Å². The molecule has 0 radical (unpaired) electrons. The van der Waals surface area contributed by atoms with Crippen molar-refractivity contribution in [2.75, 3.05) is 0 Å². The second-order valence-electron chi connectivity index (χ2n) is 14.1. The fraction of sp³-hybridized carbons (Fsp3) is 0. The highest BCUT2D eigenvalue weighted by molar-refractivity contribution is 7.26. The summed E-state index contributed by atoms with van der Waals surface area (Å²) in [6, 6.07) is 58.9. The molecule has 0 fully saturated rings. The van der Waals surface area contributed by atoms with E-state index in [1.807, 2.05) is 11.3 Å². The summed E-state index contributed by atoms with van der Waals surface area (Å²) < 4.78 is 7.75. The Bertz CT molecular complexity index is 3580. The van der Waals surface area contributed by atoms with Gasteiger partial charge >= 0.3 is 0 Å². The van der Waals surface area contributed by atoms with Crippen LogP contribution in [0.3, 0.4) is 0 Å². The van der Waals surface area contributed by atoms with E-state index in [0.29, 0.717) is 0 Å². The topological polar surface area (TPSA) is 8.82 Å². The molecular weight excluding hydrogens is 637 g/mol. The van der Waals surface area contributed by atoms with Gasteiger partial charge in [0.1, 0.15) is 0 Å². The van der Waals surface area contributed by atoms with Gasteiger partial charge in [-0.1, -0.05) is 103 Å². The summed E-state index contributed by atoms with van der Waals surface area (Å²) in [5.74, 6) is 0. The van der Waals surface area contributed by atoms with Gasteiger partial charge in [-0.3, -0.25) is 0 Å². The third-order valence-electron chi connectivity index (χ3n) is 11.5. The van der Waals surface area contributed by atoms with Crippen molar-refractivity contribution in [3.63, 3.8) is 0 Å². The number of para-hydroxylation sites is 2. The molecule has 0 saturated carbocycles. The van der Waals surface area contributed by atoms with Crippen molar-refractivity contribution in [2.24, 2.45) is 0 Å². The van der Waals surface area contributed by atoms with E-state index in [1.165, 1.54) is 119 Å². The lowest BCUT2D eigenvalue weighted by Crippen LogP contribution is -1.83. The highest BCUT2D eigenvalue weighted by atomic mass is 32.1. The Morgan fingerprint density at radius 2 is 0.902 bits per heavy atom. The van der Waals surface area contributed by atoms with Gasteiger partial charge < -0.3 is 8.80 Å². The summed E-state index contributed by atoms with van der Waals surface area (Å²) in [5.41, 5.74) is 12.7. The molecule has 5 aromatic heterocycles. The average Bonchev–Trinajstić information content (AvgIpc) is 3.98. The lowest BCUT2D eigenvalue weighted by molar-refractivity contribution is 1.36. The van der Waals surface area contributed by atoms with Crippen LogP contribution < -0.4 is 0 Å². The normalized spacial score (nSPS) is 12.7. The van der Waals surface area contributed by atoms with E-state index in [4.69, 9.17) is 0 Å². The van der Waals surface area contributed by atoms with Crippen LogP contribution in [0, 0.1) is 0 Å². The average molecular weight is 663 g/mol. The standard InChI is InChI=1S/C48H26N2S/c1-2-10-27(11-3-1)28-12-8-13-29(22-28)30-23-37-36-26-41-35(33-17-9-16-32-31-14-4-6-18-39(31)49(41)47(32)33)25-42(36)50-40-20-21-44-46(45(40)38(24-30)48(37)50)34-15-5-7-19-43(34)51-44/h1-26H. The van der Waals surface area contributed by atoms with Gasteiger partial charge in [0.2, 0.25) is 0 Å². The second kappa shape index (κ2) is 9.22. The van der Waals surface area contributed by atoms with Gasteiger partial charge in [-0.15, -0.1) is 11.3 Å². The second-order valence-corrected chi connectivity index (χ2v) is 15.2. The fourth-order valence-electron chi connectivity index (χ4n) is 9.45. The van der Waals surface area contributed by atoms with Gasteiger partial charge in [0, 0.05) is 63.3 Å². The molecule has 0 aliphatic heterocycles. The van der Waals surface area contributed by atoms with Crippen molar-refractivity contribution in [1.29, 1.82) is 0 Å². The smallest absolute Gasteiger partial charge is 0.0621 e. The number of fused-ring (bicyclic) bond motifs is 16. The number of hydrogen-bond donors (Lipinski definition) is 0. The largest absolute Gasteiger partial charge is 0.308 e. The molecule has 13 rings (SSSR count). The predicted octanol–water partition coefficient (Wildman–Crippen LogP) is 13.7. The highest BCUT2D eigenvalue weighted by Gasteiger charge is 2.24. The molecule has 5 heterocycles. The maximum atomic E-state index is 2.57. The Kier molecular flexibility index (Phi) is 4.78. The molecule has 0 aliphatic carbocycles. The lowest BCUT2D eigenvalue weighted by Gasteiger charge is -2.08. The molecule has 0 bridgehead atoms. The predicted molar refractivity (Wildman–Crippen MR) is 220 cm³/mol. The van der Waals surface area contributed by atoms with Gasteiger partial charge in [0.25, 0.3) is 0 Å². The van der Waals surface area contributed by atoms with Gasteiger partial charge in [-0.25, -0.2) is 0 Å². The third-order valence-corrected chi connectivity index (χ3v) is 12.7. The SMILES string of the molecule is c1ccc(-c2cccc(-c3cc4c5cc6c(cc5n5c7ccc8sc9ccccc9c8c7c(c3)c45)c3cccc4c5ccccc5n6c43)c2)cc1. The summed E-state index contributed by atoms with van der Waals surface area (Å²) in [7, 11) is 0. The van der Waals surface area contributed by atoms with Crippen LogP contribution in [0.25, 0.3) is 119 Å². The molecule has 2 nitrogen and oxygen atoms in total. The summed E-state index contributed by atoms with van der Waals surface area (Å²) >= 11 is 1.90. The van der Waals surface area contributed by atoms with Crippen molar-refractivity contribution < 1.29 is 0 Å². The van der Waals surface area contributed by atoms with Crippen LogP contribution in [0.4, 0.5) is 0 Å². The quantitative estimate of drug-likeness (QED) is 0.174. The summed E-state index contributed by atoms with van der Waals surface area (Å²) in [4.78, 5) is 0. The number of benzene rings is 8. The van der Waals surface area contributed by atoms with Crippen LogP contribution in [-0.4, -0.2) is 8.80 Å². The maximum absolute atomic E-state index is 2.57. The van der Waals surface area contributed by atoms with E-state index in [-0.39, 0.29) is 0 Å². The third kappa shape index (κ3) is 3.24. The minimum absolute atomic E-state index is 1.23. The molecule has 0 aliphatic rings. The first-order chi connectivity index (χ1) is 25.3. The molecule has 0 saturated heterocycles. The molecule has 234 valence electrons. The zero-order chi connectivity index (χ0) is 32.9. The van der Waals surface area contributed by atoms with Gasteiger partial charge in [0.15, 0.2) is 0 Å². The van der Waals surface area contributed by atoms with Gasteiger partial charge in [-0.2, -0.15) is 0 Å². The van der Waals surface area contributed by atoms with Crippen molar-refractivity contribution >= 4 is 108 Å². The zero-order valence-electron chi connectivity index (χ0n) is 27.3. The molecule has 0 amide bonds. The molecular formula is C48H26N2S. The van der Waals surface area contributed by atoms with Crippen molar-refractivity contribution in [1.82, 2.24) is 8.80 Å². The maximum Gasteiger partial charge on any atom is 0.0621 e. The highest BCUT2D eigenvalue weighted by Crippen LogP contribution is 2.49. The molecule has 8 aromatic carbocycles. The molecule has 51 heavy (non-hydrogen) atoms. The van der Waals surface area contributed by atoms with Crippen LogP contribution in [0.5, 0.6) is 0 Å². The van der Waals surface area contributed by atoms with E-state index in [1.54, 1.807) is 0 Å². The molecule has 3 heteroatoms. The van der Waals surface area contributed by atoms with Crippen LogP contribution in [0.15, 0.2) is 158 Å². The number of rotatable bonds is 2. The Morgan fingerprint density at radius 3 is 1.76 bits per heavy atom. The summed E-state index contributed by atoms with van der Waals surface area (Å²) in [6.07, 6.45) is 0. The van der Waals surface area contributed by atoms with Crippen LogP contribution in [-0.2, 0) is 0 Å². The Balaban J connectivity index is 1.23. The minimum atomic E-state index is 1.23. The van der Waals surface area contributed by atoms with Crippen LogP contribution in [0.1, 0.15) is 0 Å². The Hall–Kier alpha value is -6.42. The monoisotopic (exact) mass is 662 g/mol. The van der Waals surface area contributed by atoms with Crippen molar-refractivity contribution in [3.05, 3.63) is 158 Å².